The van der Waals surface area contributed by atoms with Crippen molar-refractivity contribution in [2.45, 2.75) is 0 Å². The molecule has 0 bridgehead atoms. The van der Waals surface area contributed by atoms with Crippen LogP contribution in [0.4, 0.5) is 0 Å². The number of amides is 1. The van der Waals surface area contributed by atoms with E-state index in [9.17, 15) is 9.59 Å². The molecule has 0 aliphatic rings. The first kappa shape index (κ1) is 7.68. The minimum atomic E-state index is -0.308. The Kier molecular flexibility index (Phi) is 4.12. The fourth-order valence-corrected chi connectivity index (χ4v) is 0.216. The normalized spacial score (nSPS) is 9.00. The lowest BCUT2D eigenvalue weighted by molar-refractivity contribution is -0.123. The van der Waals surface area contributed by atoms with Gasteiger partial charge in [-0.25, -0.2) is 0 Å². The average Bonchev–Trinajstić information content (AvgIpc) is 1.89. The quantitative estimate of drug-likeness (QED) is 0.315. The zero-order valence-corrected chi connectivity index (χ0v) is 4.96. The summed E-state index contributed by atoms with van der Waals surface area (Å²) < 4.78 is 4.08. The zero-order valence-electron chi connectivity index (χ0n) is 4.96. The second-order valence-electron chi connectivity index (χ2n) is 1.15. The van der Waals surface area contributed by atoms with Crippen LogP contribution in [0, 0.1) is 0 Å². The summed E-state index contributed by atoms with van der Waals surface area (Å²) in [4.78, 5) is 19.8. The lowest BCUT2D eigenvalue weighted by Gasteiger charge is -1.86. The molecule has 0 aliphatic carbocycles. The summed E-state index contributed by atoms with van der Waals surface area (Å²) in [6.07, 6.45) is 2.11. The van der Waals surface area contributed by atoms with Gasteiger partial charge in [0.05, 0.1) is 6.26 Å². The Balaban J connectivity index is 3.43. The van der Waals surface area contributed by atoms with E-state index >= 15 is 0 Å². The Morgan fingerprint density at radius 1 is 1.67 bits per heavy atom. The van der Waals surface area contributed by atoms with Crippen LogP contribution >= 0.6 is 0 Å². The summed E-state index contributed by atoms with van der Waals surface area (Å²) in [6.45, 7) is 0.236. The topological polar surface area (TPSA) is 55.4 Å². The predicted octanol–water partition coefficient (Wildman–Crippen LogP) is -0.581. The van der Waals surface area contributed by atoms with Gasteiger partial charge in [-0.1, -0.05) is 0 Å². The SMILES string of the molecule is CNC(=O)C=COC=O. The highest BCUT2D eigenvalue weighted by Crippen LogP contribution is 1.71. The molecule has 1 amide bonds. The van der Waals surface area contributed by atoms with E-state index < -0.39 is 0 Å². The number of hydrogen-bond acceptors (Lipinski definition) is 3. The molecule has 0 saturated carbocycles. The second kappa shape index (κ2) is 4.83. The molecular weight excluding hydrogens is 122 g/mol. The van der Waals surface area contributed by atoms with E-state index in [1.807, 2.05) is 0 Å². The molecule has 0 aromatic heterocycles. The number of rotatable bonds is 3. The Morgan fingerprint density at radius 2 is 2.33 bits per heavy atom. The molecule has 0 aromatic rings. The third kappa shape index (κ3) is 4.53. The predicted molar refractivity (Wildman–Crippen MR) is 30.4 cm³/mol. The smallest absolute Gasteiger partial charge is 0.297 e. The van der Waals surface area contributed by atoms with Crippen molar-refractivity contribution >= 4 is 12.4 Å². The molecule has 0 heterocycles. The lowest BCUT2D eigenvalue weighted by Crippen LogP contribution is -2.14. The first-order chi connectivity index (χ1) is 4.31. The summed E-state index contributed by atoms with van der Waals surface area (Å²) in [5, 5.41) is 2.30. The number of likely N-dealkylation sites (N-methyl/N-ethyl adjacent to an activating group) is 1. The summed E-state index contributed by atoms with van der Waals surface area (Å²) in [5.41, 5.74) is 0. The molecule has 0 fully saturated rings. The second-order valence-corrected chi connectivity index (χ2v) is 1.15. The molecule has 4 heteroatoms. The Labute approximate surface area is 52.5 Å². The molecule has 1 N–H and O–H groups in total. The first-order valence-electron chi connectivity index (χ1n) is 2.28. The third-order valence-corrected chi connectivity index (χ3v) is 0.600. The van der Waals surface area contributed by atoms with Crippen molar-refractivity contribution in [3.05, 3.63) is 12.3 Å². The Morgan fingerprint density at radius 3 is 2.78 bits per heavy atom. The van der Waals surface area contributed by atoms with Crippen molar-refractivity contribution < 1.29 is 14.3 Å². The molecule has 0 rings (SSSR count). The molecule has 4 nitrogen and oxygen atoms in total. The van der Waals surface area contributed by atoms with Crippen molar-refractivity contribution in [3.63, 3.8) is 0 Å². The third-order valence-electron chi connectivity index (χ3n) is 0.600. The molecule has 0 atom stereocenters. The highest BCUT2D eigenvalue weighted by Gasteiger charge is 1.84. The average molecular weight is 129 g/mol. The van der Waals surface area contributed by atoms with Crippen LogP contribution in [0.3, 0.4) is 0 Å². The van der Waals surface area contributed by atoms with Crippen molar-refractivity contribution in [1.29, 1.82) is 0 Å². The Bertz CT molecular complexity index is 130. The maximum Gasteiger partial charge on any atom is 0.297 e. The summed E-state index contributed by atoms with van der Waals surface area (Å²) >= 11 is 0. The van der Waals surface area contributed by atoms with Crippen LogP contribution < -0.4 is 5.32 Å². The van der Waals surface area contributed by atoms with Crippen LogP contribution in [-0.2, 0) is 14.3 Å². The molecule has 0 unspecified atom stereocenters. The van der Waals surface area contributed by atoms with Crippen LogP contribution in [0.25, 0.3) is 0 Å². The lowest BCUT2D eigenvalue weighted by atomic mass is 10.6. The van der Waals surface area contributed by atoms with Crippen LogP contribution in [0.15, 0.2) is 12.3 Å². The van der Waals surface area contributed by atoms with Crippen molar-refractivity contribution in [3.8, 4) is 0 Å². The van der Waals surface area contributed by atoms with Gasteiger partial charge in [0.1, 0.15) is 0 Å². The molecule has 50 valence electrons. The standard InChI is InChI=1S/C5H7NO3/c1-6-5(8)2-3-9-4-7/h2-4H,1H3,(H,6,8). The largest absolute Gasteiger partial charge is 0.437 e. The van der Waals surface area contributed by atoms with Gasteiger partial charge in [-0.3, -0.25) is 9.59 Å². The highest BCUT2D eigenvalue weighted by molar-refractivity contribution is 5.86. The van der Waals surface area contributed by atoms with Crippen LogP contribution in [-0.4, -0.2) is 19.4 Å². The van der Waals surface area contributed by atoms with Crippen LogP contribution in [0.5, 0.6) is 0 Å². The molecule has 0 saturated heterocycles. The van der Waals surface area contributed by atoms with E-state index in [1.165, 1.54) is 7.05 Å². The zero-order chi connectivity index (χ0) is 7.11. The highest BCUT2D eigenvalue weighted by atomic mass is 16.5. The van der Waals surface area contributed by atoms with Crippen molar-refractivity contribution in [1.82, 2.24) is 5.32 Å². The number of nitrogens with one attached hydrogen (secondary N) is 1. The molecule has 0 spiro atoms. The molecule has 9 heavy (non-hydrogen) atoms. The number of ether oxygens (including phenoxy) is 1. The molecule has 0 aliphatic heterocycles. The van der Waals surface area contributed by atoms with Gasteiger partial charge in [-0.2, -0.15) is 0 Å². The van der Waals surface area contributed by atoms with Gasteiger partial charge in [0.2, 0.25) is 5.91 Å². The van der Waals surface area contributed by atoms with E-state index in [1.54, 1.807) is 0 Å². The van der Waals surface area contributed by atoms with Gasteiger partial charge in [0, 0.05) is 13.1 Å². The maximum absolute atomic E-state index is 10.3. The monoisotopic (exact) mass is 129 g/mol. The number of hydrogen-bond donors (Lipinski definition) is 1. The first-order valence-corrected chi connectivity index (χ1v) is 2.28. The van der Waals surface area contributed by atoms with E-state index in [0.717, 1.165) is 12.3 Å². The van der Waals surface area contributed by atoms with Gasteiger partial charge >= 0.3 is 0 Å². The van der Waals surface area contributed by atoms with E-state index in [4.69, 9.17) is 0 Å². The molecule has 0 aromatic carbocycles. The van der Waals surface area contributed by atoms with E-state index in [0.29, 0.717) is 0 Å². The van der Waals surface area contributed by atoms with Gasteiger partial charge in [0.25, 0.3) is 6.47 Å². The van der Waals surface area contributed by atoms with E-state index in [-0.39, 0.29) is 12.4 Å². The minimum Gasteiger partial charge on any atom is -0.437 e. The van der Waals surface area contributed by atoms with Crippen LogP contribution in [0.2, 0.25) is 0 Å². The summed E-state index contributed by atoms with van der Waals surface area (Å²) in [7, 11) is 1.48. The van der Waals surface area contributed by atoms with Crippen molar-refractivity contribution in [2.24, 2.45) is 0 Å². The van der Waals surface area contributed by atoms with Gasteiger partial charge < -0.3 is 10.1 Å². The molecular formula is C5H7NO3. The van der Waals surface area contributed by atoms with Gasteiger partial charge in [-0.05, 0) is 0 Å². The van der Waals surface area contributed by atoms with E-state index in [2.05, 4.69) is 10.1 Å². The minimum absolute atomic E-state index is 0.236. The van der Waals surface area contributed by atoms with Gasteiger partial charge in [0.15, 0.2) is 0 Å². The summed E-state index contributed by atoms with van der Waals surface area (Å²) in [5.74, 6) is -0.308. The fraction of sp³-hybridized carbons (Fsp3) is 0.200. The van der Waals surface area contributed by atoms with Crippen LogP contribution in [0.1, 0.15) is 0 Å². The number of carbonyl (C=O) groups is 2. The van der Waals surface area contributed by atoms with Crippen molar-refractivity contribution in [2.75, 3.05) is 7.05 Å². The fourth-order valence-electron chi connectivity index (χ4n) is 0.216. The van der Waals surface area contributed by atoms with Gasteiger partial charge in [-0.15, -0.1) is 0 Å². The molecule has 0 radical (unpaired) electrons. The number of carbonyl (C=O) groups excluding carboxylic acids is 2. The Hall–Kier alpha value is -1.32. The maximum atomic E-state index is 10.3. The summed E-state index contributed by atoms with van der Waals surface area (Å²) in [6, 6.07) is 0.